The Morgan fingerprint density at radius 1 is 1.50 bits per heavy atom. The molecular formula is C9H18O. The Labute approximate surface area is 63.8 Å². The van der Waals surface area contributed by atoms with E-state index in [9.17, 15) is 0 Å². The summed E-state index contributed by atoms with van der Waals surface area (Å²) in [6.07, 6.45) is 3.81. The van der Waals surface area contributed by atoms with Crippen LogP contribution < -0.4 is 0 Å². The molecule has 0 aromatic rings. The van der Waals surface area contributed by atoms with E-state index in [0.29, 0.717) is 0 Å². The predicted octanol–water partition coefficient (Wildman–Crippen LogP) is 2.60. The maximum atomic E-state index is 5.47. The van der Waals surface area contributed by atoms with Gasteiger partial charge in [0.05, 0.1) is 12.2 Å². The van der Waals surface area contributed by atoms with Crippen molar-refractivity contribution in [3.05, 3.63) is 0 Å². The summed E-state index contributed by atoms with van der Waals surface area (Å²) in [5, 5.41) is 0. The lowest BCUT2D eigenvalue weighted by Gasteiger charge is -2.39. The minimum atomic E-state index is 0.254. The lowest BCUT2D eigenvalue weighted by atomic mass is 9.89. The highest BCUT2D eigenvalue weighted by Crippen LogP contribution is 2.31. The molecule has 1 atom stereocenters. The number of hydrogen-bond donors (Lipinski definition) is 0. The van der Waals surface area contributed by atoms with Gasteiger partial charge < -0.3 is 4.74 Å². The van der Waals surface area contributed by atoms with Gasteiger partial charge in [0.15, 0.2) is 0 Å². The van der Waals surface area contributed by atoms with Crippen LogP contribution in [0.3, 0.4) is 0 Å². The van der Waals surface area contributed by atoms with Crippen LogP contribution in [0.5, 0.6) is 0 Å². The van der Waals surface area contributed by atoms with Crippen molar-refractivity contribution in [2.24, 2.45) is 5.92 Å². The first-order chi connectivity index (χ1) is 4.62. The Hall–Kier alpha value is -0.0400. The molecule has 0 aromatic carbocycles. The summed E-state index contributed by atoms with van der Waals surface area (Å²) in [6.45, 7) is 7.73. The van der Waals surface area contributed by atoms with E-state index in [0.717, 1.165) is 12.5 Å². The Kier molecular flexibility index (Phi) is 2.35. The molecular weight excluding hydrogens is 124 g/mol. The summed E-state index contributed by atoms with van der Waals surface area (Å²) >= 11 is 0. The highest BCUT2D eigenvalue weighted by atomic mass is 16.5. The smallest absolute Gasteiger partial charge is 0.0676 e. The summed E-state index contributed by atoms with van der Waals surface area (Å²) in [5.41, 5.74) is 0.254. The van der Waals surface area contributed by atoms with Crippen molar-refractivity contribution in [1.29, 1.82) is 0 Å². The van der Waals surface area contributed by atoms with Crippen molar-refractivity contribution in [3.63, 3.8) is 0 Å². The van der Waals surface area contributed by atoms with Crippen molar-refractivity contribution in [3.8, 4) is 0 Å². The van der Waals surface area contributed by atoms with E-state index in [1.807, 2.05) is 0 Å². The molecule has 1 aliphatic heterocycles. The molecule has 1 heterocycles. The predicted molar refractivity (Wildman–Crippen MR) is 43.0 cm³/mol. The van der Waals surface area contributed by atoms with Crippen molar-refractivity contribution >= 4 is 0 Å². The SMILES string of the molecule is CC(C)CCC1(C)CCO1. The molecule has 0 bridgehead atoms. The van der Waals surface area contributed by atoms with Crippen LogP contribution in [0.15, 0.2) is 0 Å². The third-order valence-corrected chi connectivity index (χ3v) is 2.33. The summed E-state index contributed by atoms with van der Waals surface area (Å²) in [5.74, 6) is 0.820. The van der Waals surface area contributed by atoms with Gasteiger partial charge in [0.25, 0.3) is 0 Å². The maximum Gasteiger partial charge on any atom is 0.0676 e. The zero-order chi connectivity index (χ0) is 7.61. The zero-order valence-electron chi connectivity index (χ0n) is 7.31. The molecule has 0 aliphatic carbocycles. The van der Waals surface area contributed by atoms with Crippen LogP contribution in [0, 0.1) is 5.92 Å². The van der Waals surface area contributed by atoms with Gasteiger partial charge in [-0.3, -0.25) is 0 Å². The molecule has 0 spiro atoms. The molecule has 0 N–H and O–H groups in total. The monoisotopic (exact) mass is 142 g/mol. The fraction of sp³-hybridized carbons (Fsp3) is 1.00. The first-order valence-corrected chi connectivity index (χ1v) is 4.26. The molecule has 1 nitrogen and oxygen atoms in total. The van der Waals surface area contributed by atoms with Crippen LogP contribution in [0.1, 0.15) is 40.0 Å². The normalized spacial score (nSPS) is 32.4. The Balaban J connectivity index is 2.12. The minimum Gasteiger partial charge on any atom is -0.375 e. The molecule has 1 unspecified atom stereocenters. The molecule has 0 amide bonds. The third-order valence-electron chi connectivity index (χ3n) is 2.33. The van der Waals surface area contributed by atoms with E-state index >= 15 is 0 Å². The second kappa shape index (κ2) is 2.91. The van der Waals surface area contributed by atoms with Gasteiger partial charge in [-0.05, 0) is 32.1 Å². The van der Waals surface area contributed by atoms with E-state index in [1.54, 1.807) is 0 Å². The Morgan fingerprint density at radius 2 is 2.10 bits per heavy atom. The van der Waals surface area contributed by atoms with Crippen LogP contribution in [-0.2, 0) is 4.74 Å². The first-order valence-electron chi connectivity index (χ1n) is 4.26. The molecule has 60 valence electrons. The molecule has 1 rings (SSSR count). The van der Waals surface area contributed by atoms with Gasteiger partial charge in [0.2, 0.25) is 0 Å². The van der Waals surface area contributed by atoms with Crippen molar-refractivity contribution < 1.29 is 4.74 Å². The summed E-state index contributed by atoms with van der Waals surface area (Å²) in [4.78, 5) is 0. The van der Waals surface area contributed by atoms with Gasteiger partial charge >= 0.3 is 0 Å². The van der Waals surface area contributed by atoms with Gasteiger partial charge in [-0.1, -0.05) is 13.8 Å². The van der Waals surface area contributed by atoms with Gasteiger partial charge in [0.1, 0.15) is 0 Å². The Morgan fingerprint density at radius 3 is 2.40 bits per heavy atom. The molecule has 0 saturated carbocycles. The molecule has 1 fully saturated rings. The lowest BCUT2D eigenvalue weighted by Crippen LogP contribution is -2.40. The highest BCUT2D eigenvalue weighted by Gasteiger charge is 2.32. The van der Waals surface area contributed by atoms with Crippen molar-refractivity contribution in [2.45, 2.75) is 45.6 Å². The number of ether oxygens (including phenoxy) is 1. The maximum absolute atomic E-state index is 5.47. The van der Waals surface area contributed by atoms with Crippen LogP contribution >= 0.6 is 0 Å². The molecule has 1 heteroatoms. The standard InChI is InChI=1S/C9H18O/c1-8(2)4-5-9(3)6-7-10-9/h8H,4-7H2,1-3H3. The van der Waals surface area contributed by atoms with Crippen LogP contribution in [-0.4, -0.2) is 12.2 Å². The molecule has 10 heavy (non-hydrogen) atoms. The molecule has 1 aliphatic rings. The molecule has 0 aromatic heterocycles. The molecule has 0 radical (unpaired) electrons. The second-order valence-corrected chi connectivity index (χ2v) is 3.98. The zero-order valence-corrected chi connectivity index (χ0v) is 7.31. The summed E-state index contributed by atoms with van der Waals surface area (Å²) < 4.78 is 5.47. The number of hydrogen-bond acceptors (Lipinski definition) is 1. The van der Waals surface area contributed by atoms with Gasteiger partial charge in [-0.25, -0.2) is 0 Å². The third kappa shape index (κ3) is 1.98. The minimum absolute atomic E-state index is 0.254. The quantitative estimate of drug-likeness (QED) is 0.588. The van der Waals surface area contributed by atoms with E-state index in [-0.39, 0.29) is 5.60 Å². The van der Waals surface area contributed by atoms with E-state index < -0.39 is 0 Å². The summed E-state index contributed by atoms with van der Waals surface area (Å²) in [6, 6.07) is 0. The van der Waals surface area contributed by atoms with Crippen molar-refractivity contribution in [2.75, 3.05) is 6.61 Å². The van der Waals surface area contributed by atoms with E-state index in [2.05, 4.69) is 20.8 Å². The second-order valence-electron chi connectivity index (χ2n) is 3.98. The van der Waals surface area contributed by atoms with Crippen LogP contribution in [0.25, 0.3) is 0 Å². The highest BCUT2D eigenvalue weighted by molar-refractivity contribution is 4.82. The fourth-order valence-electron chi connectivity index (χ4n) is 1.24. The van der Waals surface area contributed by atoms with Crippen LogP contribution in [0.2, 0.25) is 0 Å². The lowest BCUT2D eigenvalue weighted by molar-refractivity contribution is -0.140. The average molecular weight is 142 g/mol. The number of rotatable bonds is 3. The molecule has 1 saturated heterocycles. The summed E-state index contributed by atoms with van der Waals surface area (Å²) in [7, 11) is 0. The van der Waals surface area contributed by atoms with E-state index in [4.69, 9.17) is 4.74 Å². The van der Waals surface area contributed by atoms with Gasteiger partial charge in [0, 0.05) is 0 Å². The average Bonchev–Trinajstić information content (AvgIpc) is 1.79. The largest absolute Gasteiger partial charge is 0.375 e. The van der Waals surface area contributed by atoms with E-state index in [1.165, 1.54) is 19.3 Å². The fourth-order valence-corrected chi connectivity index (χ4v) is 1.24. The van der Waals surface area contributed by atoms with Crippen LogP contribution in [0.4, 0.5) is 0 Å². The van der Waals surface area contributed by atoms with Gasteiger partial charge in [-0.2, -0.15) is 0 Å². The van der Waals surface area contributed by atoms with Crippen molar-refractivity contribution in [1.82, 2.24) is 0 Å². The van der Waals surface area contributed by atoms with Gasteiger partial charge in [-0.15, -0.1) is 0 Å². The Bertz CT molecular complexity index is 103. The topological polar surface area (TPSA) is 9.23 Å². The first kappa shape index (κ1) is 8.06.